The van der Waals surface area contributed by atoms with Crippen LogP contribution in [0.15, 0.2) is 15.7 Å². The molecule has 0 aliphatic rings. The van der Waals surface area contributed by atoms with E-state index in [2.05, 4.69) is 20.9 Å². The van der Waals surface area contributed by atoms with Gasteiger partial charge in [-0.3, -0.25) is 14.9 Å². The number of carbonyl (C=O) groups is 1. The summed E-state index contributed by atoms with van der Waals surface area (Å²) in [6.07, 6.45) is 1.14. The predicted molar refractivity (Wildman–Crippen MR) is 70.9 cm³/mol. The lowest BCUT2D eigenvalue weighted by atomic mass is 10.2. The first-order valence-corrected chi connectivity index (χ1v) is 6.49. The topological polar surface area (TPSA) is 93.3 Å². The first-order chi connectivity index (χ1) is 8.16. The summed E-state index contributed by atoms with van der Waals surface area (Å²) >= 11 is 4.26. The molecule has 0 unspecified atom stereocenters. The lowest BCUT2D eigenvalue weighted by molar-refractivity contribution is -0.385. The molecular weight excluding hydrogens is 324 g/mol. The van der Waals surface area contributed by atoms with E-state index in [1.165, 1.54) is 0 Å². The van der Waals surface area contributed by atoms with E-state index in [1.807, 2.05) is 0 Å². The van der Waals surface area contributed by atoms with Gasteiger partial charge in [-0.05, 0) is 36.7 Å². The highest BCUT2D eigenvalue weighted by Gasteiger charge is 2.31. The maximum atomic E-state index is 11.0. The van der Waals surface area contributed by atoms with Crippen LogP contribution in [0.5, 0.6) is 0 Å². The molecule has 98 valence electrons. The number of aromatic nitrogens is 1. The molecular formula is C10H11BrN2O4S. The van der Waals surface area contributed by atoms with E-state index in [4.69, 9.17) is 5.11 Å². The highest BCUT2D eigenvalue weighted by atomic mass is 79.9. The minimum absolute atomic E-state index is 0.0978. The number of rotatable bonds is 4. The Morgan fingerprint density at radius 1 is 1.61 bits per heavy atom. The van der Waals surface area contributed by atoms with Crippen molar-refractivity contribution in [2.24, 2.45) is 0 Å². The van der Waals surface area contributed by atoms with Gasteiger partial charge in [-0.15, -0.1) is 0 Å². The van der Waals surface area contributed by atoms with Crippen molar-refractivity contribution in [2.45, 2.75) is 30.5 Å². The fraction of sp³-hybridized carbons (Fsp3) is 0.400. The van der Waals surface area contributed by atoms with Crippen molar-refractivity contribution < 1.29 is 14.8 Å². The quantitative estimate of drug-likeness (QED) is 0.516. The van der Waals surface area contributed by atoms with Crippen LogP contribution in [0.1, 0.15) is 19.4 Å². The van der Waals surface area contributed by atoms with Gasteiger partial charge in [0.1, 0.15) is 16.0 Å². The average molecular weight is 335 g/mol. The Bertz CT molecular complexity index is 519. The number of hydrogen-bond donors (Lipinski definition) is 1. The third-order valence-corrected chi connectivity index (χ3v) is 4.69. The zero-order chi connectivity index (χ0) is 14.1. The largest absolute Gasteiger partial charge is 0.480 e. The van der Waals surface area contributed by atoms with Gasteiger partial charge < -0.3 is 5.11 Å². The molecule has 0 bridgehead atoms. The molecule has 18 heavy (non-hydrogen) atoms. The van der Waals surface area contributed by atoms with Gasteiger partial charge in [0.15, 0.2) is 0 Å². The maximum Gasteiger partial charge on any atom is 0.319 e. The molecule has 1 heterocycles. The number of nitro groups is 1. The van der Waals surface area contributed by atoms with E-state index in [0.29, 0.717) is 15.1 Å². The number of carboxylic acid groups (broad SMARTS) is 1. The highest BCUT2D eigenvalue weighted by Crippen LogP contribution is 2.39. The number of carboxylic acids is 1. The van der Waals surface area contributed by atoms with Crippen molar-refractivity contribution in [3.63, 3.8) is 0 Å². The molecule has 1 rings (SSSR count). The summed E-state index contributed by atoms with van der Waals surface area (Å²) in [5.41, 5.74) is 0.332. The van der Waals surface area contributed by atoms with Crippen LogP contribution in [0.25, 0.3) is 0 Å². The van der Waals surface area contributed by atoms with Crippen molar-refractivity contribution in [2.75, 3.05) is 0 Å². The van der Waals surface area contributed by atoms with E-state index in [0.717, 1.165) is 18.0 Å². The molecule has 8 heteroatoms. The molecule has 0 atom stereocenters. The molecule has 0 fully saturated rings. The third-order valence-electron chi connectivity index (χ3n) is 2.27. The highest BCUT2D eigenvalue weighted by molar-refractivity contribution is 9.10. The summed E-state index contributed by atoms with van der Waals surface area (Å²) in [5, 5.41) is 20.2. The van der Waals surface area contributed by atoms with E-state index in [9.17, 15) is 14.9 Å². The van der Waals surface area contributed by atoms with Crippen LogP contribution in [-0.2, 0) is 4.79 Å². The van der Waals surface area contributed by atoms with Crippen molar-refractivity contribution >= 4 is 39.3 Å². The fourth-order valence-corrected chi connectivity index (χ4v) is 2.55. The van der Waals surface area contributed by atoms with Crippen LogP contribution in [0, 0.1) is 17.0 Å². The van der Waals surface area contributed by atoms with Gasteiger partial charge in [0.25, 0.3) is 5.69 Å². The fourth-order valence-electron chi connectivity index (χ4n) is 1.09. The molecule has 0 aliphatic carbocycles. The molecule has 1 aromatic heterocycles. The molecule has 0 aromatic carbocycles. The summed E-state index contributed by atoms with van der Waals surface area (Å²) in [4.78, 5) is 25.2. The molecule has 0 saturated carbocycles. The van der Waals surface area contributed by atoms with Crippen molar-refractivity contribution in [3.05, 3.63) is 26.3 Å². The number of thioether (sulfide) groups is 1. The maximum absolute atomic E-state index is 11.0. The molecule has 0 spiro atoms. The molecule has 1 N–H and O–H groups in total. The Kier molecular flexibility index (Phi) is 4.33. The van der Waals surface area contributed by atoms with Crippen LogP contribution in [0.3, 0.4) is 0 Å². The summed E-state index contributed by atoms with van der Waals surface area (Å²) in [6.45, 7) is 4.68. The summed E-state index contributed by atoms with van der Waals surface area (Å²) in [6, 6.07) is 0. The van der Waals surface area contributed by atoms with E-state index in [1.54, 1.807) is 20.8 Å². The van der Waals surface area contributed by atoms with Crippen molar-refractivity contribution in [1.82, 2.24) is 4.98 Å². The van der Waals surface area contributed by atoms with Crippen LogP contribution in [0.2, 0.25) is 0 Å². The third kappa shape index (κ3) is 2.99. The van der Waals surface area contributed by atoms with Gasteiger partial charge in [-0.1, -0.05) is 11.8 Å². The minimum Gasteiger partial charge on any atom is -0.480 e. The monoisotopic (exact) mass is 334 g/mol. The molecule has 1 aromatic rings. The number of nitrogens with zero attached hydrogens (tertiary/aromatic N) is 2. The molecule has 0 radical (unpaired) electrons. The second kappa shape index (κ2) is 5.23. The Morgan fingerprint density at radius 2 is 2.17 bits per heavy atom. The standard InChI is InChI=1S/C10H11BrN2O4S/c1-5-6(13(16)17)4-12-8(7(5)11)18-10(2,3)9(14)15/h4H,1-3H3,(H,14,15). The Morgan fingerprint density at radius 3 is 2.61 bits per heavy atom. The summed E-state index contributed by atoms with van der Waals surface area (Å²) < 4.78 is -0.603. The molecule has 6 nitrogen and oxygen atoms in total. The van der Waals surface area contributed by atoms with Gasteiger partial charge in [-0.25, -0.2) is 4.98 Å². The van der Waals surface area contributed by atoms with Crippen LogP contribution < -0.4 is 0 Å². The number of hydrogen-bond acceptors (Lipinski definition) is 5. The zero-order valence-electron chi connectivity index (χ0n) is 9.93. The molecule has 0 saturated heterocycles. The minimum atomic E-state index is -1.06. The smallest absolute Gasteiger partial charge is 0.319 e. The Balaban J connectivity index is 3.18. The van der Waals surface area contributed by atoms with Gasteiger partial charge in [0.05, 0.1) is 9.40 Å². The van der Waals surface area contributed by atoms with Crippen LogP contribution >= 0.6 is 27.7 Å². The number of halogens is 1. The zero-order valence-corrected chi connectivity index (χ0v) is 12.3. The molecule has 0 aliphatic heterocycles. The Hall–Kier alpha value is -1.15. The normalized spacial score (nSPS) is 11.3. The van der Waals surface area contributed by atoms with Crippen molar-refractivity contribution in [3.8, 4) is 0 Å². The predicted octanol–water partition coefficient (Wildman–Crippen LogP) is 3.02. The van der Waals surface area contributed by atoms with Gasteiger partial charge in [0, 0.05) is 5.56 Å². The van der Waals surface area contributed by atoms with Crippen LogP contribution in [0.4, 0.5) is 5.69 Å². The summed E-state index contributed by atoms with van der Waals surface area (Å²) in [7, 11) is 0. The molecule has 0 amide bonds. The lowest BCUT2D eigenvalue weighted by Gasteiger charge is -2.18. The average Bonchev–Trinajstić information content (AvgIpc) is 2.24. The van der Waals surface area contributed by atoms with E-state index in [-0.39, 0.29) is 5.69 Å². The van der Waals surface area contributed by atoms with E-state index >= 15 is 0 Å². The first kappa shape index (κ1) is 14.9. The van der Waals surface area contributed by atoms with Crippen LogP contribution in [-0.4, -0.2) is 25.7 Å². The second-order valence-corrected chi connectivity index (χ2v) is 6.47. The second-order valence-electron chi connectivity index (χ2n) is 4.06. The van der Waals surface area contributed by atoms with Gasteiger partial charge in [0.2, 0.25) is 0 Å². The number of aliphatic carboxylic acids is 1. The van der Waals surface area contributed by atoms with Gasteiger partial charge in [-0.2, -0.15) is 0 Å². The van der Waals surface area contributed by atoms with Gasteiger partial charge >= 0.3 is 5.97 Å². The summed E-state index contributed by atoms with van der Waals surface area (Å²) in [5.74, 6) is -0.975. The SMILES string of the molecule is Cc1c([N+](=O)[O-])cnc(SC(C)(C)C(=O)O)c1Br. The van der Waals surface area contributed by atoms with Crippen molar-refractivity contribution in [1.29, 1.82) is 0 Å². The van der Waals surface area contributed by atoms with E-state index < -0.39 is 15.6 Å². The number of pyridine rings is 1. The Labute approximate surface area is 116 Å². The first-order valence-electron chi connectivity index (χ1n) is 4.88. The lowest BCUT2D eigenvalue weighted by Crippen LogP contribution is -2.27.